The Morgan fingerprint density at radius 3 is 2.83 bits per heavy atom. The minimum absolute atomic E-state index is 0.0905. The Kier molecular flexibility index (Phi) is 3.18. The van der Waals surface area contributed by atoms with E-state index >= 15 is 0 Å². The Morgan fingerprint density at radius 1 is 1.50 bits per heavy atom. The van der Waals surface area contributed by atoms with Gasteiger partial charge in [0.05, 0.1) is 18.4 Å². The maximum absolute atomic E-state index is 11.8. The SMILES string of the molecule is COc1ccc(C(=O)Nc2nc(C)co2)c(O)c1. The van der Waals surface area contributed by atoms with E-state index < -0.39 is 5.91 Å². The van der Waals surface area contributed by atoms with E-state index in [-0.39, 0.29) is 17.3 Å². The number of ether oxygens (including phenoxy) is 1. The van der Waals surface area contributed by atoms with Crippen LogP contribution in [0, 0.1) is 6.92 Å². The lowest BCUT2D eigenvalue weighted by Crippen LogP contribution is -2.12. The number of aromatic hydroxyl groups is 1. The van der Waals surface area contributed by atoms with Crippen molar-refractivity contribution in [3.05, 3.63) is 35.7 Å². The third kappa shape index (κ3) is 2.42. The second-order valence-electron chi connectivity index (χ2n) is 3.63. The van der Waals surface area contributed by atoms with Gasteiger partial charge < -0.3 is 14.3 Å². The molecular formula is C12H12N2O4. The number of nitrogens with one attached hydrogen (secondary N) is 1. The van der Waals surface area contributed by atoms with Crippen molar-refractivity contribution in [2.24, 2.45) is 0 Å². The molecule has 2 aromatic rings. The minimum atomic E-state index is -0.503. The second kappa shape index (κ2) is 4.79. The van der Waals surface area contributed by atoms with Crippen LogP contribution in [0.3, 0.4) is 0 Å². The number of amides is 1. The molecule has 2 rings (SSSR count). The molecule has 0 saturated heterocycles. The molecule has 0 spiro atoms. The molecule has 1 amide bonds. The molecule has 0 aliphatic heterocycles. The molecule has 18 heavy (non-hydrogen) atoms. The molecule has 0 fully saturated rings. The molecule has 0 radical (unpaired) electrons. The highest BCUT2D eigenvalue weighted by Crippen LogP contribution is 2.24. The van der Waals surface area contributed by atoms with E-state index in [1.807, 2.05) is 0 Å². The molecule has 2 N–H and O–H groups in total. The zero-order chi connectivity index (χ0) is 13.1. The Labute approximate surface area is 103 Å². The van der Waals surface area contributed by atoms with Gasteiger partial charge in [0, 0.05) is 6.07 Å². The van der Waals surface area contributed by atoms with Crippen molar-refractivity contribution in [2.45, 2.75) is 6.92 Å². The van der Waals surface area contributed by atoms with E-state index in [4.69, 9.17) is 9.15 Å². The number of nitrogens with zero attached hydrogens (tertiary/aromatic N) is 1. The van der Waals surface area contributed by atoms with E-state index in [1.165, 1.54) is 25.5 Å². The first-order valence-corrected chi connectivity index (χ1v) is 5.20. The normalized spacial score (nSPS) is 10.1. The van der Waals surface area contributed by atoms with Gasteiger partial charge in [0.2, 0.25) is 0 Å². The smallest absolute Gasteiger partial charge is 0.301 e. The zero-order valence-electron chi connectivity index (χ0n) is 9.93. The van der Waals surface area contributed by atoms with E-state index in [9.17, 15) is 9.90 Å². The van der Waals surface area contributed by atoms with Gasteiger partial charge in [0.15, 0.2) is 0 Å². The number of carbonyl (C=O) groups excluding carboxylic acids is 1. The molecule has 0 saturated carbocycles. The first kappa shape index (κ1) is 12.0. The van der Waals surface area contributed by atoms with Crippen molar-refractivity contribution >= 4 is 11.9 Å². The number of oxazole rings is 1. The molecule has 1 heterocycles. The quantitative estimate of drug-likeness (QED) is 0.867. The molecule has 6 heteroatoms. The highest BCUT2D eigenvalue weighted by molar-refractivity contribution is 6.05. The van der Waals surface area contributed by atoms with Gasteiger partial charge in [0.1, 0.15) is 17.8 Å². The van der Waals surface area contributed by atoms with Crippen molar-refractivity contribution < 1.29 is 19.1 Å². The highest BCUT2D eigenvalue weighted by Gasteiger charge is 2.14. The number of rotatable bonds is 3. The fraction of sp³-hybridized carbons (Fsp3) is 0.167. The van der Waals surface area contributed by atoms with Crippen molar-refractivity contribution in [3.8, 4) is 11.5 Å². The molecule has 6 nitrogen and oxygen atoms in total. The molecule has 0 aliphatic carbocycles. The fourth-order valence-corrected chi connectivity index (χ4v) is 1.41. The number of hydrogen-bond acceptors (Lipinski definition) is 5. The predicted octanol–water partition coefficient (Wildman–Crippen LogP) is 1.95. The average molecular weight is 248 g/mol. The molecule has 0 unspecified atom stereocenters. The van der Waals surface area contributed by atoms with Gasteiger partial charge in [-0.1, -0.05) is 0 Å². The Bertz CT molecular complexity index is 577. The number of aryl methyl sites for hydroxylation is 1. The minimum Gasteiger partial charge on any atom is -0.507 e. The van der Waals surface area contributed by atoms with Crippen LogP contribution in [-0.4, -0.2) is 23.1 Å². The second-order valence-corrected chi connectivity index (χ2v) is 3.63. The van der Waals surface area contributed by atoms with Crippen LogP contribution < -0.4 is 10.1 Å². The maximum Gasteiger partial charge on any atom is 0.301 e. The number of carbonyl (C=O) groups is 1. The van der Waals surface area contributed by atoms with Gasteiger partial charge in [-0.25, -0.2) is 0 Å². The van der Waals surface area contributed by atoms with Crippen molar-refractivity contribution in [1.29, 1.82) is 0 Å². The number of aromatic nitrogens is 1. The number of phenols is 1. The summed E-state index contributed by atoms with van der Waals surface area (Å²) in [5, 5.41) is 12.1. The summed E-state index contributed by atoms with van der Waals surface area (Å²) in [6, 6.07) is 4.48. The first-order valence-electron chi connectivity index (χ1n) is 5.20. The van der Waals surface area contributed by atoms with Crippen LogP contribution in [0.15, 0.2) is 28.9 Å². The van der Waals surface area contributed by atoms with Crippen LogP contribution in [-0.2, 0) is 0 Å². The lowest BCUT2D eigenvalue weighted by atomic mass is 10.2. The maximum atomic E-state index is 11.8. The summed E-state index contributed by atoms with van der Waals surface area (Å²) in [4.78, 5) is 15.8. The van der Waals surface area contributed by atoms with Crippen LogP contribution in [0.4, 0.5) is 6.01 Å². The van der Waals surface area contributed by atoms with E-state index in [2.05, 4.69) is 10.3 Å². The average Bonchev–Trinajstić information content (AvgIpc) is 2.74. The number of phenolic OH excluding ortho intramolecular Hbond substituents is 1. The number of benzene rings is 1. The summed E-state index contributed by atoms with van der Waals surface area (Å²) in [6.45, 7) is 1.74. The first-order chi connectivity index (χ1) is 8.60. The van der Waals surface area contributed by atoms with Gasteiger partial charge in [-0.2, -0.15) is 4.98 Å². The zero-order valence-corrected chi connectivity index (χ0v) is 9.93. The third-order valence-corrected chi connectivity index (χ3v) is 2.29. The fourth-order valence-electron chi connectivity index (χ4n) is 1.41. The van der Waals surface area contributed by atoms with Gasteiger partial charge in [0.25, 0.3) is 5.91 Å². The van der Waals surface area contributed by atoms with Gasteiger partial charge in [-0.3, -0.25) is 10.1 Å². The summed E-state index contributed by atoms with van der Waals surface area (Å²) < 4.78 is 9.92. The number of methoxy groups -OCH3 is 1. The molecule has 1 aromatic carbocycles. The molecule has 0 aliphatic rings. The van der Waals surface area contributed by atoms with Gasteiger partial charge in [-0.05, 0) is 19.1 Å². The third-order valence-electron chi connectivity index (χ3n) is 2.29. The summed E-state index contributed by atoms with van der Waals surface area (Å²) in [6.07, 6.45) is 1.42. The van der Waals surface area contributed by atoms with Gasteiger partial charge in [-0.15, -0.1) is 0 Å². The van der Waals surface area contributed by atoms with Crippen LogP contribution in [0.5, 0.6) is 11.5 Å². The Hall–Kier alpha value is -2.50. The summed E-state index contributed by atoms with van der Waals surface area (Å²) in [7, 11) is 1.48. The van der Waals surface area contributed by atoms with Crippen LogP contribution >= 0.6 is 0 Å². The van der Waals surface area contributed by atoms with Gasteiger partial charge >= 0.3 is 6.01 Å². The molecule has 94 valence electrons. The summed E-state index contributed by atoms with van der Waals surface area (Å²) >= 11 is 0. The molecule has 0 atom stereocenters. The molecule has 1 aromatic heterocycles. The number of anilines is 1. The van der Waals surface area contributed by atoms with Crippen LogP contribution in [0.25, 0.3) is 0 Å². The van der Waals surface area contributed by atoms with Crippen molar-refractivity contribution in [3.63, 3.8) is 0 Å². The van der Waals surface area contributed by atoms with Crippen LogP contribution in [0.2, 0.25) is 0 Å². The monoisotopic (exact) mass is 248 g/mol. The summed E-state index contributed by atoms with van der Waals surface area (Å²) in [5.74, 6) is -0.205. The Balaban J connectivity index is 2.18. The standard InChI is InChI=1S/C12H12N2O4/c1-7-6-18-12(13-7)14-11(16)9-4-3-8(17-2)5-10(9)15/h3-6,15H,1-2H3,(H,13,14,16). The molecular weight excluding hydrogens is 236 g/mol. The van der Waals surface area contributed by atoms with Crippen LogP contribution in [0.1, 0.15) is 16.1 Å². The lowest BCUT2D eigenvalue weighted by Gasteiger charge is -2.05. The summed E-state index contributed by atoms with van der Waals surface area (Å²) in [5.41, 5.74) is 0.774. The highest BCUT2D eigenvalue weighted by atomic mass is 16.5. The number of hydrogen-bond donors (Lipinski definition) is 2. The Morgan fingerprint density at radius 2 is 2.28 bits per heavy atom. The largest absolute Gasteiger partial charge is 0.507 e. The van der Waals surface area contributed by atoms with E-state index in [0.717, 1.165) is 0 Å². The topological polar surface area (TPSA) is 84.6 Å². The van der Waals surface area contributed by atoms with E-state index in [1.54, 1.807) is 13.0 Å². The lowest BCUT2D eigenvalue weighted by molar-refractivity contribution is 0.102. The van der Waals surface area contributed by atoms with Crippen molar-refractivity contribution in [1.82, 2.24) is 4.98 Å². The molecule has 0 bridgehead atoms. The predicted molar refractivity (Wildman–Crippen MR) is 63.9 cm³/mol. The van der Waals surface area contributed by atoms with E-state index in [0.29, 0.717) is 11.4 Å². The van der Waals surface area contributed by atoms with Crippen molar-refractivity contribution in [2.75, 3.05) is 12.4 Å².